The summed E-state index contributed by atoms with van der Waals surface area (Å²) in [6.07, 6.45) is 3.06. The standard InChI is InChI=1S/C21H23NO4S/c1-16-2-5-20(6-3-16)27(23,24)26-19-9-12-22(15-19)11-8-17-4-7-21-18(14-17)10-13-25-21/h2-7,10,13-14,19H,8-9,11-12,15H2,1H3. The van der Waals surface area contributed by atoms with Crippen LogP contribution in [0.3, 0.4) is 0 Å². The largest absolute Gasteiger partial charge is 0.464 e. The van der Waals surface area contributed by atoms with Gasteiger partial charge >= 0.3 is 0 Å². The Morgan fingerprint density at radius 2 is 1.96 bits per heavy atom. The van der Waals surface area contributed by atoms with Crippen LogP contribution in [0, 0.1) is 6.92 Å². The van der Waals surface area contributed by atoms with Gasteiger partial charge in [-0.3, -0.25) is 4.18 Å². The van der Waals surface area contributed by atoms with Gasteiger partial charge in [0.2, 0.25) is 0 Å². The maximum Gasteiger partial charge on any atom is 0.297 e. The van der Waals surface area contributed by atoms with Crippen LogP contribution in [0.15, 0.2) is 64.1 Å². The Labute approximate surface area is 159 Å². The number of likely N-dealkylation sites (tertiary alicyclic amines) is 1. The van der Waals surface area contributed by atoms with E-state index in [1.165, 1.54) is 5.56 Å². The summed E-state index contributed by atoms with van der Waals surface area (Å²) in [5, 5.41) is 1.11. The van der Waals surface area contributed by atoms with Gasteiger partial charge in [-0.25, -0.2) is 0 Å². The Morgan fingerprint density at radius 1 is 1.15 bits per heavy atom. The second kappa shape index (κ2) is 7.46. The molecule has 0 bridgehead atoms. The van der Waals surface area contributed by atoms with Crippen molar-refractivity contribution in [2.75, 3.05) is 19.6 Å². The first-order valence-electron chi connectivity index (χ1n) is 9.18. The number of fused-ring (bicyclic) bond motifs is 1. The van der Waals surface area contributed by atoms with E-state index in [0.717, 1.165) is 42.5 Å². The Balaban J connectivity index is 1.32. The fourth-order valence-electron chi connectivity index (χ4n) is 3.48. The third-order valence-electron chi connectivity index (χ3n) is 5.04. The third-order valence-corrected chi connectivity index (χ3v) is 6.41. The molecule has 0 amide bonds. The van der Waals surface area contributed by atoms with Gasteiger partial charge in [0.1, 0.15) is 5.58 Å². The zero-order chi connectivity index (χ0) is 18.9. The molecule has 2 aromatic carbocycles. The molecule has 0 saturated carbocycles. The predicted molar refractivity (Wildman–Crippen MR) is 104 cm³/mol. The quantitative estimate of drug-likeness (QED) is 0.605. The van der Waals surface area contributed by atoms with Crippen LogP contribution >= 0.6 is 0 Å². The highest BCUT2D eigenvalue weighted by atomic mass is 32.2. The molecular formula is C21H23NO4S. The first-order chi connectivity index (χ1) is 13.0. The molecule has 1 atom stereocenters. The van der Waals surface area contributed by atoms with Crippen LogP contribution in [0.4, 0.5) is 0 Å². The highest BCUT2D eigenvalue weighted by Crippen LogP contribution is 2.22. The molecule has 0 N–H and O–H groups in total. The monoisotopic (exact) mass is 385 g/mol. The molecule has 27 heavy (non-hydrogen) atoms. The van der Waals surface area contributed by atoms with Crippen molar-refractivity contribution in [2.24, 2.45) is 0 Å². The van der Waals surface area contributed by atoms with Crippen molar-refractivity contribution in [2.45, 2.75) is 30.8 Å². The number of hydrogen-bond acceptors (Lipinski definition) is 5. The summed E-state index contributed by atoms with van der Waals surface area (Å²) in [6.45, 7) is 4.30. The summed E-state index contributed by atoms with van der Waals surface area (Å²) in [6, 6.07) is 15.0. The normalized spacial score (nSPS) is 18.3. The molecule has 2 heterocycles. The topological polar surface area (TPSA) is 59.8 Å². The molecule has 1 unspecified atom stereocenters. The zero-order valence-electron chi connectivity index (χ0n) is 15.3. The predicted octanol–water partition coefficient (Wildman–Crippen LogP) is 3.76. The summed E-state index contributed by atoms with van der Waals surface area (Å²) in [5.41, 5.74) is 3.17. The lowest BCUT2D eigenvalue weighted by Crippen LogP contribution is -2.27. The van der Waals surface area contributed by atoms with Gasteiger partial charge < -0.3 is 9.32 Å². The van der Waals surface area contributed by atoms with Gasteiger partial charge in [0.25, 0.3) is 10.1 Å². The van der Waals surface area contributed by atoms with Crippen molar-refractivity contribution in [3.05, 3.63) is 65.9 Å². The van der Waals surface area contributed by atoms with Crippen molar-refractivity contribution in [3.63, 3.8) is 0 Å². The smallest absolute Gasteiger partial charge is 0.297 e. The number of furan rings is 1. The van der Waals surface area contributed by atoms with E-state index >= 15 is 0 Å². The summed E-state index contributed by atoms with van der Waals surface area (Å²) in [5.74, 6) is 0. The van der Waals surface area contributed by atoms with Crippen molar-refractivity contribution < 1.29 is 17.0 Å². The number of rotatable bonds is 6. The second-order valence-corrected chi connectivity index (χ2v) is 8.69. The van der Waals surface area contributed by atoms with Crippen LogP contribution in [-0.4, -0.2) is 39.1 Å². The minimum atomic E-state index is -3.71. The van der Waals surface area contributed by atoms with Crippen molar-refractivity contribution in [3.8, 4) is 0 Å². The number of aryl methyl sites for hydroxylation is 1. The molecule has 6 heteroatoms. The Bertz CT molecular complexity index is 1020. The molecule has 4 rings (SSSR count). The molecule has 1 aromatic heterocycles. The first kappa shape index (κ1) is 18.2. The molecule has 1 saturated heterocycles. The van der Waals surface area contributed by atoms with Gasteiger partial charge in [0.15, 0.2) is 0 Å². The van der Waals surface area contributed by atoms with Crippen molar-refractivity contribution in [1.29, 1.82) is 0 Å². The maximum absolute atomic E-state index is 12.4. The summed E-state index contributed by atoms with van der Waals surface area (Å²) >= 11 is 0. The van der Waals surface area contributed by atoms with Gasteiger partial charge in [-0.15, -0.1) is 0 Å². The molecule has 0 spiro atoms. The lowest BCUT2D eigenvalue weighted by molar-refractivity contribution is 0.207. The molecule has 1 fully saturated rings. The van der Waals surface area contributed by atoms with Crippen LogP contribution < -0.4 is 0 Å². The van der Waals surface area contributed by atoms with E-state index in [4.69, 9.17) is 8.60 Å². The first-order valence-corrected chi connectivity index (χ1v) is 10.6. The molecule has 5 nitrogen and oxygen atoms in total. The maximum atomic E-state index is 12.4. The van der Waals surface area contributed by atoms with E-state index in [2.05, 4.69) is 17.0 Å². The molecule has 1 aliphatic rings. The van der Waals surface area contributed by atoms with Gasteiger partial charge in [-0.2, -0.15) is 8.42 Å². The third kappa shape index (κ3) is 4.24. The van der Waals surface area contributed by atoms with Crippen molar-refractivity contribution >= 4 is 21.1 Å². The van der Waals surface area contributed by atoms with E-state index in [-0.39, 0.29) is 11.0 Å². The number of benzene rings is 2. The summed E-state index contributed by atoms with van der Waals surface area (Å²) < 4.78 is 35.7. The highest BCUT2D eigenvalue weighted by Gasteiger charge is 2.28. The zero-order valence-corrected chi connectivity index (χ0v) is 16.1. The van der Waals surface area contributed by atoms with Gasteiger partial charge in [-0.1, -0.05) is 23.8 Å². The molecule has 142 valence electrons. The van der Waals surface area contributed by atoms with E-state index in [9.17, 15) is 8.42 Å². The molecule has 0 radical (unpaired) electrons. The van der Waals surface area contributed by atoms with Gasteiger partial charge in [0.05, 0.1) is 17.3 Å². The Kier molecular flexibility index (Phi) is 5.04. The van der Waals surface area contributed by atoms with Crippen LogP contribution in [0.2, 0.25) is 0 Å². The lowest BCUT2D eigenvalue weighted by Gasteiger charge is -2.16. The Morgan fingerprint density at radius 3 is 2.78 bits per heavy atom. The van der Waals surface area contributed by atoms with E-state index in [1.807, 2.05) is 19.1 Å². The van der Waals surface area contributed by atoms with Crippen LogP contribution in [0.5, 0.6) is 0 Å². The second-order valence-electron chi connectivity index (χ2n) is 7.12. The van der Waals surface area contributed by atoms with Crippen LogP contribution in [0.25, 0.3) is 11.0 Å². The minimum absolute atomic E-state index is 0.222. The highest BCUT2D eigenvalue weighted by molar-refractivity contribution is 7.86. The number of hydrogen-bond donors (Lipinski definition) is 0. The summed E-state index contributed by atoms with van der Waals surface area (Å²) in [4.78, 5) is 2.48. The van der Waals surface area contributed by atoms with E-state index < -0.39 is 10.1 Å². The molecule has 3 aromatic rings. The lowest BCUT2D eigenvalue weighted by atomic mass is 10.1. The summed E-state index contributed by atoms with van der Waals surface area (Å²) in [7, 11) is -3.71. The van der Waals surface area contributed by atoms with Gasteiger partial charge in [-0.05, 0) is 55.7 Å². The van der Waals surface area contributed by atoms with Crippen LogP contribution in [-0.2, 0) is 20.7 Å². The SMILES string of the molecule is Cc1ccc(S(=O)(=O)OC2CCN(CCc3ccc4occc4c3)C2)cc1. The van der Waals surface area contributed by atoms with Gasteiger partial charge in [0, 0.05) is 25.0 Å². The molecule has 1 aliphatic heterocycles. The van der Waals surface area contributed by atoms with Crippen LogP contribution in [0.1, 0.15) is 17.5 Å². The fraction of sp³-hybridized carbons (Fsp3) is 0.333. The van der Waals surface area contributed by atoms with E-state index in [1.54, 1.807) is 30.5 Å². The number of nitrogens with zero attached hydrogens (tertiary/aromatic N) is 1. The van der Waals surface area contributed by atoms with E-state index in [0.29, 0.717) is 6.54 Å². The van der Waals surface area contributed by atoms with Crippen molar-refractivity contribution in [1.82, 2.24) is 4.90 Å². The molecular weight excluding hydrogens is 362 g/mol. The average Bonchev–Trinajstić information content (AvgIpc) is 3.28. The Hall–Kier alpha value is -2.15. The molecule has 0 aliphatic carbocycles. The average molecular weight is 385 g/mol. The minimum Gasteiger partial charge on any atom is -0.464 e. The fourth-order valence-corrected chi connectivity index (χ4v) is 4.57.